The van der Waals surface area contributed by atoms with Crippen molar-refractivity contribution in [2.75, 3.05) is 0 Å². The summed E-state index contributed by atoms with van der Waals surface area (Å²) in [7, 11) is 0. The van der Waals surface area contributed by atoms with E-state index in [1.807, 2.05) is 0 Å². The monoisotopic (exact) mass is 151 g/mol. The van der Waals surface area contributed by atoms with Crippen LogP contribution in [-0.2, 0) is 0 Å². The maximum absolute atomic E-state index is 9.09. The molecule has 2 nitrogen and oxygen atoms in total. The lowest BCUT2D eigenvalue weighted by Crippen LogP contribution is -1.91. The summed E-state index contributed by atoms with van der Waals surface area (Å²) >= 11 is 0. The number of hydrogen-bond donors (Lipinski definition) is 1. The van der Waals surface area contributed by atoms with Crippen molar-refractivity contribution in [2.24, 2.45) is 0 Å². The molecule has 0 saturated heterocycles. The molecule has 0 aromatic carbocycles. The number of aromatic nitrogens is 1. The zero-order valence-corrected chi connectivity index (χ0v) is 6.91. The summed E-state index contributed by atoms with van der Waals surface area (Å²) in [6.07, 6.45) is 4.32. The van der Waals surface area contributed by atoms with E-state index < -0.39 is 0 Å². The molecule has 60 valence electrons. The van der Waals surface area contributed by atoms with Crippen LogP contribution in [0.25, 0.3) is 0 Å². The molecule has 1 aromatic rings. The molecular formula is C9H13NO. The smallest absolute Gasteiger partial charge is 0.134 e. The first-order chi connectivity index (χ1) is 5.24. The van der Waals surface area contributed by atoms with Crippen molar-refractivity contribution >= 4 is 0 Å². The van der Waals surface area contributed by atoms with Crippen LogP contribution in [0.3, 0.4) is 0 Å². The number of aromatic hydroxyl groups is 1. The molecule has 0 aliphatic rings. The SMILES string of the molecule is CC[C@H](C)c1cncc(O)c1. The quantitative estimate of drug-likeness (QED) is 0.703. The highest BCUT2D eigenvalue weighted by atomic mass is 16.3. The number of rotatable bonds is 2. The van der Waals surface area contributed by atoms with Crippen LogP contribution in [0.2, 0.25) is 0 Å². The minimum absolute atomic E-state index is 0.253. The van der Waals surface area contributed by atoms with E-state index in [0.29, 0.717) is 5.92 Å². The van der Waals surface area contributed by atoms with Gasteiger partial charge in [-0.3, -0.25) is 4.98 Å². The summed E-state index contributed by atoms with van der Waals surface area (Å²) in [6, 6.07) is 1.77. The third kappa shape index (κ3) is 1.93. The first-order valence-corrected chi connectivity index (χ1v) is 3.88. The topological polar surface area (TPSA) is 33.1 Å². The predicted molar refractivity (Wildman–Crippen MR) is 44.6 cm³/mol. The Kier molecular flexibility index (Phi) is 2.47. The zero-order chi connectivity index (χ0) is 8.27. The van der Waals surface area contributed by atoms with E-state index >= 15 is 0 Å². The lowest BCUT2D eigenvalue weighted by Gasteiger charge is -2.07. The van der Waals surface area contributed by atoms with Crippen LogP contribution in [-0.4, -0.2) is 10.1 Å². The van der Waals surface area contributed by atoms with E-state index in [1.54, 1.807) is 12.3 Å². The Labute approximate surface area is 66.9 Å². The lowest BCUT2D eigenvalue weighted by molar-refractivity contribution is 0.471. The van der Waals surface area contributed by atoms with Gasteiger partial charge in [0, 0.05) is 6.20 Å². The molecule has 1 N–H and O–H groups in total. The van der Waals surface area contributed by atoms with Crippen LogP contribution in [0.4, 0.5) is 0 Å². The Morgan fingerprint density at radius 3 is 2.82 bits per heavy atom. The van der Waals surface area contributed by atoms with Crippen molar-refractivity contribution in [3.05, 3.63) is 24.0 Å². The van der Waals surface area contributed by atoms with Gasteiger partial charge in [0.05, 0.1) is 6.20 Å². The first-order valence-electron chi connectivity index (χ1n) is 3.88. The first kappa shape index (κ1) is 8.05. The van der Waals surface area contributed by atoms with E-state index in [-0.39, 0.29) is 5.75 Å². The molecule has 0 amide bonds. The summed E-state index contributed by atoms with van der Waals surface area (Å²) in [5, 5.41) is 9.09. The molecule has 1 aromatic heterocycles. The molecule has 0 aliphatic carbocycles. The van der Waals surface area contributed by atoms with E-state index in [1.165, 1.54) is 6.20 Å². The zero-order valence-electron chi connectivity index (χ0n) is 6.91. The van der Waals surface area contributed by atoms with Gasteiger partial charge in [-0.2, -0.15) is 0 Å². The van der Waals surface area contributed by atoms with Gasteiger partial charge in [0.25, 0.3) is 0 Å². The van der Waals surface area contributed by atoms with Gasteiger partial charge in [-0.1, -0.05) is 13.8 Å². The van der Waals surface area contributed by atoms with E-state index in [0.717, 1.165) is 12.0 Å². The van der Waals surface area contributed by atoms with Crippen molar-refractivity contribution in [2.45, 2.75) is 26.2 Å². The van der Waals surface area contributed by atoms with Crippen LogP contribution in [0.15, 0.2) is 18.5 Å². The Bertz CT molecular complexity index is 235. The Hall–Kier alpha value is -1.05. The number of nitrogens with zero attached hydrogens (tertiary/aromatic N) is 1. The minimum atomic E-state index is 0.253. The molecule has 1 rings (SSSR count). The number of pyridine rings is 1. The average Bonchev–Trinajstić information content (AvgIpc) is 2.03. The number of hydrogen-bond acceptors (Lipinski definition) is 2. The van der Waals surface area contributed by atoms with Crippen LogP contribution in [0, 0.1) is 0 Å². The Morgan fingerprint density at radius 2 is 2.27 bits per heavy atom. The maximum Gasteiger partial charge on any atom is 0.134 e. The van der Waals surface area contributed by atoms with Gasteiger partial charge in [-0.05, 0) is 24.0 Å². The van der Waals surface area contributed by atoms with Gasteiger partial charge >= 0.3 is 0 Å². The lowest BCUT2D eigenvalue weighted by atomic mass is 10.0. The Morgan fingerprint density at radius 1 is 1.55 bits per heavy atom. The molecule has 0 aliphatic heterocycles. The summed E-state index contributed by atoms with van der Waals surface area (Å²) in [6.45, 7) is 4.24. The van der Waals surface area contributed by atoms with Crippen LogP contribution in [0.5, 0.6) is 5.75 Å². The average molecular weight is 151 g/mol. The van der Waals surface area contributed by atoms with Gasteiger partial charge in [-0.15, -0.1) is 0 Å². The fraction of sp³-hybridized carbons (Fsp3) is 0.444. The van der Waals surface area contributed by atoms with Gasteiger partial charge in [0.2, 0.25) is 0 Å². The molecule has 0 saturated carbocycles. The van der Waals surface area contributed by atoms with Crippen molar-refractivity contribution < 1.29 is 5.11 Å². The van der Waals surface area contributed by atoms with Gasteiger partial charge in [-0.25, -0.2) is 0 Å². The summed E-state index contributed by atoms with van der Waals surface area (Å²) in [4.78, 5) is 3.90. The van der Waals surface area contributed by atoms with Gasteiger partial charge in [0.1, 0.15) is 5.75 Å². The van der Waals surface area contributed by atoms with Crippen LogP contribution >= 0.6 is 0 Å². The fourth-order valence-corrected chi connectivity index (χ4v) is 0.950. The van der Waals surface area contributed by atoms with Crippen molar-refractivity contribution in [3.63, 3.8) is 0 Å². The highest BCUT2D eigenvalue weighted by Crippen LogP contribution is 2.20. The largest absolute Gasteiger partial charge is 0.506 e. The molecule has 0 spiro atoms. The second kappa shape index (κ2) is 3.37. The predicted octanol–water partition coefficient (Wildman–Crippen LogP) is 2.30. The third-order valence-electron chi connectivity index (χ3n) is 1.93. The molecule has 0 radical (unpaired) electrons. The van der Waals surface area contributed by atoms with Crippen LogP contribution in [0.1, 0.15) is 31.7 Å². The van der Waals surface area contributed by atoms with Gasteiger partial charge < -0.3 is 5.11 Å². The Balaban J connectivity index is 2.86. The maximum atomic E-state index is 9.09. The van der Waals surface area contributed by atoms with Gasteiger partial charge in [0.15, 0.2) is 0 Å². The molecule has 11 heavy (non-hydrogen) atoms. The minimum Gasteiger partial charge on any atom is -0.506 e. The second-order valence-corrected chi connectivity index (χ2v) is 2.79. The summed E-state index contributed by atoms with van der Waals surface area (Å²) in [5.74, 6) is 0.734. The molecular weight excluding hydrogens is 138 g/mol. The van der Waals surface area contributed by atoms with Crippen molar-refractivity contribution in [1.29, 1.82) is 0 Å². The van der Waals surface area contributed by atoms with E-state index in [9.17, 15) is 0 Å². The molecule has 0 fully saturated rings. The van der Waals surface area contributed by atoms with Crippen molar-refractivity contribution in [1.82, 2.24) is 4.98 Å². The molecule has 0 bridgehead atoms. The third-order valence-corrected chi connectivity index (χ3v) is 1.93. The normalized spacial score (nSPS) is 12.9. The van der Waals surface area contributed by atoms with E-state index in [2.05, 4.69) is 18.8 Å². The van der Waals surface area contributed by atoms with E-state index in [4.69, 9.17) is 5.11 Å². The summed E-state index contributed by atoms with van der Waals surface area (Å²) < 4.78 is 0. The van der Waals surface area contributed by atoms with Crippen LogP contribution < -0.4 is 0 Å². The fourth-order valence-electron chi connectivity index (χ4n) is 0.950. The highest BCUT2D eigenvalue weighted by molar-refractivity contribution is 5.24. The second-order valence-electron chi connectivity index (χ2n) is 2.79. The highest BCUT2D eigenvalue weighted by Gasteiger charge is 2.02. The van der Waals surface area contributed by atoms with Crippen molar-refractivity contribution in [3.8, 4) is 5.75 Å². The molecule has 1 atom stereocenters. The summed E-state index contributed by atoms with van der Waals surface area (Å²) in [5.41, 5.74) is 1.10. The molecule has 1 heterocycles. The standard InChI is InChI=1S/C9H13NO/c1-3-7(2)8-4-9(11)6-10-5-8/h4-7,11H,3H2,1-2H3/t7-/m0/s1. The molecule has 2 heteroatoms. The molecule has 0 unspecified atom stereocenters.